The highest BCUT2D eigenvalue weighted by Gasteiger charge is 2.19. The molecule has 0 amide bonds. The number of methoxy groups -OCH3 is 1. The van der Waals surface area contributed by atoms with Crippen LogP contribution in [0.1, 0.15) is 0 Å². The van der Waals surface area contributed by atoms with E-state index in [2.05, 4.69) is 19.5 Å². The van der Waals surface area contributed by atoms with Crippen molar-refractivity contribution in [3.63, 3.8) is 0 Å². The van der Waals surface area contributed by atoms with Crippen LogP contribution in [0, 0.1) is 0 Å². The SMILES string of the molecule is COC(=O)CN1CCN(c2ccc(N)nc2)CC1. The van der Waals surface area contributed by atoms with Gasteiger partial charge in [-0.25, -0.2) is 4.98 Å². The normalized spacial score (nSPS) is 16.6. The summed E-state index contributed by atoms with van der Waals surface area (Å²) in [6.45, 7) is 3.81. The van der Waals surface area contributed by atoms with E-state index in [9.17, 15) is 4.79 Å². The summed E-state index contributed by atoms with van der Waals surface area (Å²) in [5, 5.41) is 0. The smallest absolute Gasteiger partial charge is 0.319 e. The van der Waals surface area contributed by atoms with Crippen LogP contribution in [0.5, 0.6) is 0 Å². The summed E-state index contributed by atoms with van der Waals surface area (Å²) in [4.78, 5) is 19.6. The predicted molar refractivity (Wildman–Crippen MR) is 69.3 cm³/mol. The van der Waals surface area contributed by atoms with Crippen molar-refractivity contribution < 1.29 is 9.53 Å². The maximum Gasteiger partial charge on any atom is 0.319 e. The van der Waals surface area contributed by atoms with Crippen LogP contribution in [0.2, 0.25) is 0 Å². The van der Waals surface area contributed by atoms with E-state index in [1.54, 1.807) is 12.3 Å². The number of carbonyl (C=O) groups excluding carboxylic acids is 1. The summed E-state index contributed by atoms with van der Waals surface area (Å²) in [7, 11) is 1.42. The number of esters is 1. The summed E-state index contributed by atoms with van der Waals surface area (Å²) in [6.07, 6.45) is 1.78. The number of nitrogens with two attached hydrogens (primary N) is 1. The van der Waals surface area contributed by atoms with Crippen molar-refractivity contribution in [1.82, 2.24) is 9.88 Å². The van der Waals surface area contributed by atoms with Gasteiger partial charge in [-0.15, -0.1) is 0 Å². The van der Waals surface area contributed by atoms with Gasteiger partial charge in [0.25, 0.3) is 0 Å². The molecule has 2 rings (SSSR count). The highest BCUT2D eigenvalue weighted by atomic mass is 16.5. The first-order valence-corrected chi connectivity index (χ1v) is 5.94. The molecule has 2 heterocycles. The van der Waals surface area contributed by atoms with Gasteiger partial charge in [0.1, 0.15) is 5.82 Å². The molecule has 1 fully saturated rings. The van der Waals surface area contributed by atoms with E-state index >= 15 is 0 Å². The van der Waals surface area contributed by atoms with Crippen LogP contribution < -0.4 is 10.6 Å². The molecule has 6 heteroatoms. The van der Waals surface area contributed by atoms with Crippen molar-refractivity contribution in [3.05, 3.63) is 18.3 Å². The number of anilines is 2. The van der Waals surface area contributed by atoms with E-state index in [1.807, 2.05) is 6.07 Å². The molecule has 18 heavy (non-hydrogen) atoms. The molecule has 1 aliphatic rings. The van der Waals surface area contributed by atoms with Gasteiger partial charge in [-0.2, -0.15) is 0 Å². The van der Waals surface area contributed by atoms with Crippen molar-refractivity contribution in [2.24, 2.45) is 0 Å². The lowest BCUT2D eigenvalue weighted by Crippen LogP contribution is -2.48. The van der Waals surface area contributed by atoms with Gasteiger partial charge >= 0.3 is 5.97 Å². The Morgan fingerprint density at radius 1 is 1.39 bits per heavy atom. The van der Waals surface area contributed by atoms with Crippen LogP contribution in [-0.4, -0.2) is 55.7 Å². The number of carbonyl (C=O) groups is 1. The first kappa shape index (κ1) is 12.6. The molecular formula is C12H18N4O2. The average molecular weight is 250 g/mol. The minimum atomic E-state index is -0.183. The number of hydrogen-bond acceptors (Lipinski definition) is 6. The van der Waals surface area contributed by atoms with Crippen molar-refractivity contribution in [1.29, 1.82) is 0 Å². The molecule has 0 bridgehead atoms. The zero-order valence-corrected chi connectivity index (χ0v) is 10.5. The fraction of sp³-hybridized carbons (Fsp3) is 0.500. The number of aromatic nitrogens is 1. The Morgan fingerprint density at radius 2 is 2.11 bits per heavy atom. The first-order chi connectivity index (χ1) is 8.69. The molecule has 1 saturated heterocycles. The van der Waals surface area contributed by atoms with E-state index in [1.165, 1.54) is 7.11 Å². The van der Waals surface area contributed by atoms with Gasteiger partial charge in [0.15, 0.2) is 0 Å². The summed E-state index contributed by atoms with van der Waals surface area (Å²) in [5.41, 5.74) is 6.63. The lowest BCUT2D eigenvalue weighted by Gasteiger charge is -2.35. The highest BCUT2D eigenvalue weighted by molar-refractivity contribution is 5.71. The highest BCUT2D eigenvalue weighted by Crippen LogP contribution is 2.15. The van der Waals surface area contributed by atoms with Gasteiger partial charge in [0.05, 0.1) is 25.5 Å². The number of nitrogen functional groups attached to an aromatic ring is 1. The van der Waals surface area contributed by atoms with Crippen molar-refractivity contribution >= 4 is 17.5 Å². The molecule has 2 N–H and O–H groups in total. The predicted octanol–water partition coefficient (Wildman–Crippen LogP) is -0.0412. The van der Waals surface area contributed by atoms with Gasteiger partial charge < -0.3 is 15.4 Å². The molecule has 0 atom stereocenters. The Balaban J connectivity index is 1.86. The third-order valence-electron chi connectivity index (χ3n) is 3.09. The second kappa shape index (κ2) is 5.68. The number of ether oxygens (including phenoxy) is 1. The van der Waals surface area contributed by atoms with Crippen LogP contribution >= 0.6 is 0 Å². The molecule has 0 unspecified atom stereocenters. The lowest BCUT2D eigenvalue weighted by atomic mass is 10.2. The number of rotatable bonds is 3. The number of nitrogens with zero attached hydrogens (tertiary/aromatic N) is 3. The Labute approximate surface area is 106 Å². The molecular weight excluding hydrogens is 232 g/mol. The Hall–Kier alpha value is -1.82. The van der Waals surface area contributed by atoms with Gasteiger partial charge in [0, 0.05) is 26.2 Å². The summed E-state index contributed by atoms with van der Waals surface area (Å²) >= 11 is 0. The third kappa shape index (κ3) is 3.10. The maximum absolute atomic E-state index is 11.2. The fourth-order valence-electron chi connectivity index (χ4n) is 2.00. The second-order valence-electron chi connectivity index (χ2n) is 4.28. The molecule has 0 spiro atoms. The minimum Gasteiger partial charge on any atom is -0.468 e. The molecule has 98 valence electrons. The van der Waals surface area contributed by atoms with E-state index in [0.717, 1.165) is 31.9 Å². The third-order valence-corrected chi connectivity index (χ3v) is 3.09. The topological polar surface area (TPSA) is 71.7 Å². The molecule has 0 aromatic carbocycles. The first-order valence-electron chi connectivity index (χ1n) is 5.94. The van der Waals surface area contributed by atoms with E-state index in [0.29, 0.717) is 12.4 Å². The Kier molecular flexibility index (Phi) is 3.99. The molecule has 0 saturated carbocycles. The van der Waals surface area contributed by atoms with E-state index < -0.39 is 0 Å². The van der Waals surface area contributed by atoms with E-state index in [-0.39, 0.29) is 5.97 Å². The van der Waals surface area contributed by atoms with Crippen molar-refractivity contribution in [2.75, 3.05) is 50.5 Å². The molecule has 0 aliphatic carbocycles. The summed E-state index contributed by atoms with van der Waals surface area (Å²) in [6, 6.07) is 3.77. The Bertz CT molecular complexity index is 399. The van der Waals surface area contributed by atoms with Crippen LogP contribution in [0.25, 0.3) is 0 Å². The van der Waals surface area contributed by atoms with Crippen LogP contribution in [0.15, 0.2) is 18.3 Å². The van der Waals surface area contributed by atoms with Gasteiger partial charge in [-0.3, -0.25) is 9.69 Å². The standard InChI is InChI=1S/C12H18N4O2/c1-18-12(17)9-15-4-6-16(7-5-15)10-2-3-11(13)14-8-10/h2-3,8H,4-7,9H2,1H3,(H2,13,14). The fourth-order valence-corrected chi connectivity index (χ4v) is 2.00. The number of piperazine rings is 1. The molecule has 6 nitrogen and oxygen atoms in total. The quantitative estimate of drug-likeness (QED) is 0.759. The number of pyridine rings is 1. The summed E-state index contributed by atoms with van der Waals surface area (Å²) < 4.78 is 4.66. The molecule has 1 aromatic rings. The minimum absolute atomic E-state index is 0.183. The Morgan fingerprint density at radius 3 is 2.67 bits per heavy atom. The maximum atomic E-state index is 11.2. The van der Waals surface area contributed by atoms with Crippen molar-refractivity contribution in [3.8, 4) is 0 Å². The van der Waals surface area contributed by atoms with Crippen LogP contribution in [0.4, 0.5) is 11.5 Å². The zero-order valence-electron chi connectivity index (χ0n) is 10.5. The number of hydrogen-bond donors (Lipinski definition) is 1. The van der Waals surface area contributed by atoms with Gasteiger partial charge in [0.2, 0.25) is 0 Å². The average Bonchev–Trinajstić information content (AvgIpc) is 2.40. The van der Waals surface area contributed by atoms with Crippen LogP contribution in [0.3, 0.4) is 0 Å². The lowest BCUT2D eigenvalue weighted by molar-refractivity contribution is -0.142. The van der Waals surface area contributed by atoms with Gasteiger partial charge in [-0.05, 0) is 12.1 Å². The van der Waals surface area contributed by atoms with E-state index in [4.69, 9.17) is 5.73 Å². The monoisotopic (exact) mass is 250 g/mol. The molecule has 1 aliphatic heterocycles. The second-order valence-corrected chi connectivity index (χ2v) is 4.28. The molecule has 0 radical (unpaired) electrons. The molecule has 1 aromatic heterocycles. The van der Waals surface area contributed by atoms with Crippen molar-refractivity contribution in [2.45, 2.75) is 0 Å². The largest absolute Gasteiger partial charge is 0.468 e. The van der Waals surface area contributed by atoms with Crippen LogP contribution in [-0.2, 0) is 9.53 Å². The van der Waals surface area contributed by atoms with Gasteiger partial charge in [-0.1, -0.05) is 0 Å². The summed E-state index contributed by atoms with van der Waals surface area (Å²) in [5.74, 6) is 0.348. The zero-order chi connectivity index (χ0) is 13.0.